The van der Waals surface area contributed by atoms with Gasteiger partial charge in [-0.15, -0.1) is 0 Å². The number of piperazine rings is 1. The number of amides is 1. The first-order valence-electron chi connectivity index (χ1n) is 11.6. The number of ether oxygens (including phenoxy) is 2. The highest BCUT2D eigenvalue weighted by molar-refractivity contribution is 6.03. The summed E-state index contributed by atoms with van der Waals surface area (Å²) in [6.45, 7) is 8.63. The molecular weight excluding hydrogens is 428 g/mol. The first-order valence-corrected chi connectivity index (χ1v) is 11.6. The molecule has 1 fully saturated rings. The fraction of sp³-hybridized carbons (Fsp3) is 0.333. The number of rotatable bonds is 7. The lowest BCUT2D eigenvalue weighted by Gasteiger charge is -2.33. The van der Waals surface area contributed by atoms with Gasteiger partial charge >= 0.3 is 0 Å². The van der Waals surface area contributed by atoms with Crippen LogP contribution < -0.4 is 19.7 Å². The van der Waals surface area contributed by atoms with Gasteiger partial charge in [-0.05, 0) is 74.5 Å². The summed E-state index contributed by atoms with van der Waals surface area (Å²) in [5.74, 6) is 2.14. The predicted octanol–water partition coefficient (Wildman–Crippen LogP) is 4.35. The van der Waals surface area contributed by atoms with E-state index in [1.807, 2.05) is 43.3 Å². The molecule has 1 aliphatic heterocycles. The maximum absolute atomic E-state index is 12.5. The zero-order chi connectivity index (χ0) is 24.1. The van der Waals surface area contributed by atoms with Crippen molar-refractivity contribution in [2.75, 3.05) is 57.2 Å². The van der Waals surface area contributed by atoms with Crippen LogP contribution in [-0.2, 0) is 4.79 Å². The number of pyridine rings is 1. The van der Waals surface area contributed by atoms with Gasteiger partial charge in [0.25, 0.3) is 0 Å². The van der Waals surface area contributed by atoms with Gasteiger partial charge < -0.3 is 24.6 Å². The number of fused-ring (bicyclic) bond motifs is 1. The molecule has 0 spiro atoms. The standard InChI is InChI=1S/C27H32N4O3/c1-5-34-24-10-6-20(17-25(24)33-4)7-11-27(32)28-21-8-9-23-22(18-21)19(2)16-26(29-23)31-14-12-30(3)13-15-31/h6-11,16-18H,5,12-15H2,1-4H3,(H,28,32). The van der Waals surface area contributed by atoms with E-state index in [1.54, 1.807) is 13.2 Å². The van der Waals surface area contributed by atoms with E-state index in [1.165, 1.54) is 6.08 Å². The van der Waals surface area contributed by atoms with E-state index in [0.29, 0.717) is 18.1 Å². The number of benzene rings is 2. The zero-order valence-corrected chi connectivity index (χ0v) is 20.3. The molecule has 1 saturated heterocycles. The maximum Gasteiger partial charge on any atom is 0.248 e. The van der Waals surface area contributed by atoms with Crippen LogP contribution in [-0.4, -0.2) is 62.7 Å². The second-order valence-electron chi connectivity index (χ2n) is 8.49. The number of likely N-dealkylation sites (N-methyl/N-ethyl adjacent to an activating group) is 1. The Morgan fingerprint density at radius 2 is 1.88 bits per heavy atom. The van der Waals surface area contributed by atoms with Gasteiger partial charge in [-0.25, -0.2) is 4.98 Å². The molecule has 1 amide bonds. The average molecular weight is 461 g/mol. The number of hydrogen-bond acceptors (Lipinski definition) is 6. The van der Waals surface area contributed by atoms with Gasteiger partial charge in [0.1, 0.15) is 5.82 Å². The van der Waals surface area contributed by atoms with Crippen molar-refractivity contribution in [2.24, 2.45) is 0 Å². The lowest BCUT2D eigenvalue weighted by Crippen LogP contribution is -2.44. The van der Waals surface area contributed by atoms with Gasteiger partial charge in [0.2, 0.25) is 5.91 Å². The molecule has 34 heavy (non-hydrogen) atoms. The molecule has 0 bridgehead atoms. The van der Waals surface area contributed by atoms with Crippen LogP contribution in [0.1, 0.15) is 18.1 Å². The number of nitrogens with one attached hydrogen (secondary N) is 1. The summed E-state index contributed by atoms with van der Waals surface area (Å²) in [5, 5.41) is 3.99. The number of nitrogens with zero attached hydrogens (tertiary/aromatic N) is 3. The van der Waals surface area contributed by atoms with Crippen molar-refractivity contribution in [1.82, 2.24) is 9.88 Å². The number of carbonyl (C=O) groups is 1. The SMILES string of the molecule is CCOc1ccc(C=CC(=O)Nc2ccc3nc(N4CCN(C)CC4)cc(C)c3c2)cc1OC. The van der Waals surface area contributed by atoms with Gasteiger partial charge in [-0.2, -0.15) is 0 Å². The smallest absolute Gasteiger partial charge is 0.248 e. The Labute approximate surface area is 201 Å². The van der Waals surface area contributed by atoms with Crippen LogP contribution in [0, 0.1) is 6.92 Å². The molecule has 0 unspecified atom stereocenters. The molecule has 2 heterocycles. The second-order valence-corrected chi connectivity index (χ2v) is 8.49. The minimum Gasteiger partial charge on any atom is -0.493 e. The molecule has 3 aromatic rings. The molecule has 4 rings (SSSR count). The van der Waals surface area contributed by atoms with E-state index in [4.69, 9.17) is 14.5 Å². The van der Waals surface area contributed by atoms with Gasteiger partial charge in [-0.1, -0.05) is 6.07 Å². The Hall–Kier alpha value is -3.58. The summed E-state index contributed by atoms with van der Waals surface area (Å²) in [6, 6.07) is 13.6. The quantitative estimate of drug-likeness (QED) is 0.529. The Bertz CT molecular complexity index is 1200. The molecule has 0 aliphatic carbocycles. The molecule has 7 heteroatoms. The monoisotopic (exact) mass is 460 g/mol. The minimum absolute atomic E-state index is 0.202. The Kier molecular flexibility index (Phi) is 7.33. The van der Waals surface area contributed by atoms with E-state index in [2.05, 4.69) is 35.2 Å². The van der Waals surface area contributed by atoms with Gasteiger partial charge in [-0.3, -0.25) is 4.79 Å². The largest absolute Gasteiger partial charge is 0.493 e. The van der Waals surface area contributed by atoms with Crippen LogP contribution >= 0.6 is 0 Å². The van der Waals surface area contributed by atoms with Crippen LogP contribution in [0.2, 0.25) is 0 Å². The first kappa shape index (κ1) is 23.6. The average Bonchev–Trinajstić information content (AvgIpc) is 2.84. The Balaban J connectivity index is 1.46. The normalized spacial score (nSPS) is 14.5. The van der Waals surface area contributed by atoms with Crippen molar-refractivity contribution < 1.29 is 14.3 Å². The van der Waals surface area contributed by atoms with E-state index in [0.717, 1.165) is 59.7 Å². The molecule has 0 atom stereocenters. The lowest BCUT2D eigenvalue weighted by molar-refractivity contribution is -0.111. The van der Waals surface area contributed by atoms with Gasteiger partial charge in [0.15, 0.2) is 11.5 Å². The number of aromatic nitrogens is 1. The topological polar surface area (TPSA) is 66.9 Å². The molecule has 178 valence electrons. The molecule has 1 N–H and O–H groups in total. The van der Waals surface area contributed by atoms with Crippen molar-refractivity contribution in [2.45, 2.75) is 13.8 Å². The van der Waals surface area contributed by atoms with Gasteiger partial charge in [0, 0.05) is 43.3 Å². The number of hydrogen-bond donors (Lipinski definition) is 1. The van der Waals surface area contributed by atoms with Crippen LogP contribution in [0.4, 0.5) is 11.5 Å². The van der Waals surface area contributed by atoms with E-state index >= 15 is 0 Å². The third-order valence-electron chi connectivity index (χ3n) is 6.01. The van der Waals surface area contributed by atoms with Crippen LogP contribution in [0.15, 0.2) is 48.5 Å². The van der Waals surface area contributed by atoms with Crippen molar-refractivity contribution in [1.29, 1.82) is 0 Å². The second kappa shape index (κ2) is 10.6. The highest BCUT2D eigenvalue weighted by Gasteiger charge is 2.16. The van der Waals surface area contributed by atoms with Crippen molar-refractivity contribution in [3.05, 3.63) is 59.7 Å². The van der Waals surface area contributed by atoms with Crippen molar-refractivity contribution in [3.63, 3.8) is 0 Å². The zero-order valence-electron chi connectivity index (χ0n) is 20.3. The predicted molar refractivity (Wildman–Crippen MR) is 138 cm³/mol. The molecular formula is C27H32N4O3. The van der Waals surface area contributed by atoms with E-state index in [9.17, 15) is 4.79 Å². The Morgan fingerprint density at radius 3 is 2.62 bits per heavy atom. The molecule has 2 aromatic carbocycles. The van der Waals surface area contributed by atoms with Gasteiger partial charge in [0.05, 0.1) is 19.2 Å². The van der Waals surface area contributed by atoms with Crippen molar-refractivity contribution >= 4 is 34.4 Å². The summed E-state index contributed by atoms with van der Waals surface area (Å²) in [6.07, 6.45) is 3.27. The summed E-state index contributed by atoms with van der Waals surface area (Å²) >= 11 is 0. The highest BCUT2D eigenvalue weighted by Crippen LogP contribution is 2.29. The van der Waals surface area contributed by atoms with E-state index in [-0.39, 0.29) is 5.91 Å². The molecule has 1 aromatic heterocycles. The third-order valence-corrected chi connectivity index (χ3v) is 6.01. The summed E-state index contributed by atoms with van der Waals surface area (Å²) < 4.78 is 10.9. The molecule has 7 nitrogen and oxygen atoms in total. The molecule has 1 aliphatic rings. The fourth-order valence-corrected chi connectivity index (χ4v) is 4.07. The number of aryl methyl sites for hydroxylation is 1. The maximum atomic E-state index is 12.5. The van der Waals surface area contributed by atoms with Crippen LogP contribution in [0.3, 0.4) is 0 Å². The summed E-state index contributed by atoms with van der Waals surface area (Å²) in [7, 11) is 3.75. The fourth-order valence-electron chi connectivity index (χ4n) is 4.07. The van der Waals surface area contributed by atoms with Crippen molar-refractivity contribution in [3.8, 4) is 11.5 Å². The third kappa shape index (κ3) is 5.48. The lowest BCUT2D eigenvalue weighted by atomic mass is 10.1. The number of carbonyl (C=O) groups excluding carboxylic acids is 1. The van der Waals surface area contributed by atoms with Crippen LogP contribution in [0.5, 0.6) is 11.5 Å². The Morgan fingerprint density at radius 1 is 1.09 bits per heavy atom. The number of methoxy groups -OCH3 is 1. The molecule has 0 saturated carbocycles. The molecule has 0 radical (unpaired) electrons. The first-order chi connectivity index (χ1) is 16.5. The highest BCUT2D eigenvalue weighted by atomic mass is 16.5. The summed E-state index contributed by atoms with van der Waals surface area (Å²) in [4.78, 5) is 22.1. The minimum atomic E-state index is -0.202. The summed E-state index contributed by atoms with van der Waals surface area (Å²) in [5.41, 5.74) is 3.67. The van der Waals surface area contributed by atoms with E-state index < -0.39 is 0 Å². The van der Waals surface area contributed by atoms with Crippen LogP contribution in [0.25, 0.3) is 17.0 Å². The number of anilines is 2.